The van der Waals surface area contributed by atoms with Crippen molar-refractivity contribution in [1.82, 2.24) is 4.90 Å². The number of hydrogen-bond donors (Lipinski definition) is 0. The summed E-state index contributed by atoms with van der Waals surface area (Å²) in [7, 11) is 3.32. The van der Waals surface area contributed by atoms with Crippen molar-refractivity contribution < 1.29 is 14.3 Å². The Balaban J connectivity index is 1.53. The standard InChI is InChI=1S/C19H25NO3/c1-22-17-9-13-5-6-20(11-15(13)10-18(17)23-2)19(21)16-8-12-3-4-14(16)7-12/h9-10,12,14,16H,3-8,11H2,1-2H3. The molecule has 2 saturated carbocycles. The Morgan fingerprint density at radius 2 is 1.83 bits per heavy atom. The van der Waals surface area contributed by atoms with E-state index >= 15 is 0 Å². The fourth-order valence-electron chi connectivity index (χ4n) is 4.85. The van der Waals surface area contributed by atoms with Crippen molar-refractivity contribution in [3.8, 4) is 11.5 Å². The molecule has 0 radical (unpaired) electrons. The minimum Gasteiger partial charge on any atom is -0.493 e. The zero-order valence-corrected chi connectivity index (χ0v) is 14.0. The summed E-state index contributed by atoms with van der Waals surface area (Å²) in [6.45, 7) is 1.54. The first-order valence-corrected chi connectivity index (χ1v) is 8.72. The average molecular weight is 315 g/mol. The summed E-state index contributed by atoms with van der Waals surface area (Å²) in [6.07, 6.45) is 5.91. The van der Waals surface area contributed by atoms with Gasteiger partial charge in [-0.05, 0) is 60.8 Å². The molecule has 1 heterocycles. The van der Waals surface area contributed by atoms with Gasteiger partial charge >= 0.3 is 0 Å². The maximum absolute atomic E-state index is 12.9. The van der Waals surface area contributed by atoms with Crippen LogP contribution in [0.3, 0.4) is 0 Å². The highest BCUT2D eigenvalue weighted by Gasteiger charge is 2.44. The predicted molar refractivity (Wildman–Crippen MR) is 87.6 cm³/mol. The van der Waals surface area contributed by atoms with Crippen LogP contribution in [0.2, 0.25) is 0 Å². The predicted octanol–water partition coefficient (Wildman–Crippen LogP) is 3.02. The van der Waals surface area contributed by atoms with Gasteiger partial charge < -0.3 is 14.4 Å². The number of ether oxygens (including phenoxy) is 2. The molecule has 1 aromatic rings. The lowest BCUT2D eigenvalue weighted by Crippen LogP contribution is -2.41. The Labute approximate surface area is 137 Å². The second-order valence-corrected chi connectivity index (χ2v) is 7.27. The van der Waals surface area contributed by atoms with Crippen LogP contribution < -0.4 is 9.47 Å². The number of fused-ring (bicyclic) bond motifs is 3. The van der Waals surface area contributed by atoms with Crippen LogP contribution in [0.4, 0.5) is 0 Å². The molecule has 23 heavy (non-hydrogen) atoms. The van der Waals surface area contributed by atoms with E-state index in [2.05, 4.69) is 11.0 Å². The van der Waals surface area contributed by atoms with E-state index in [-0.39, 0.29) is 5.92 Å². The Kier molecular flexibility index (Phi) is 3.70. The Hall–Kier alpha value is -1.71. The van der Waals surface area contributed by atoms with Crippen molar-refractivity contribution in [2.45, 2.75) is 38.6 Å². The van der Waals surface area contributed by atoms with Crippen molar-refractivity contribution in [2.75, 3.05) is 20.8 Å². The molecule has 124 valence electrons. The number of carbonyl (C=O) groups excluding carboxylic acids is 1. The molecule has 4 nitrogen and oxygen atoms in total. The summed E-state index contributed by atoms with van der Waals surface area (Å²) in [5.74, 6) is 3.67. The van der Waals surface area contributed by atoms with Crippen LogP contribution >= 0.6 is 0 Å². The molecule has 3 atom stereocenters. The van der Waals surface area contributed by atoms with Gasteiger partial charge in [0, 0.05) is 19.0 Å². The van der Waals surface area contributed by atoms with Crippen molar-refractivity contribution in [3.05, 3.63) is 23.3 Å². The summed E-state index contributed by atoms with van der Waals surface area (Å²) < 4.78 is 10.8. The molecule has 2 aliphatic carbocycles. The molecule has 1 amide bonds. The van der Waals surface area contributed by atoms with Crippen molar-refractivity contribution in [2.24, 2.45) is 17.8 Å². The first-order valence-electron chi connectivity index (χ1n) is 8.72. The lowest BCUT2D eigenvalue weighted by molar-refractivity contribution is -0.138. The Bertz CT molecular complexity index is 627. The van der Waals surface area contributed by atoms with Crippen LogP contribution in [-0.2, 0) is 17.8 Å². The number of methoxy groups -OCH3 is 2. The molecule has 1 aliphatic heterocycles. The van der Waals surface area contributed by atoms with Crippen LogP contribution in [0.15, 0.2) is 12.1 Å². The molecule has 3 unspecified atom stereocenters. The maximum Gasteiger partial charge on any atom is 0.226 e. The zero-order chi connectivity index (χ0) is 16.0. The molecular formula is C19H25NO3. The van der Waals surface area contributed by atoms with E-state index in [1.807, 2.05) is 6.07 Å². The maximum atomic E-state index is 12.9. The lowest BCUT2D eigenvalue weighted by Gasteiger charge is -2.33. The highest BCUT2D eigenvalue weighted by molar-refractivity contribution is 5.80. The highest BCUT2D eigenvalue weighted by atomic mass is 16.5. The summed E-state index contributed by atoms with van der Waals surface area (Å²) in [6, 6.07) is 4.10. The third kappa shape index (κ3) is 2.48. The van der Waals surface area contributed by atoms with Crippen LogP contribution in [0, 0.1) is 17.8 Å². The SMILES string of the molecule is COc1cc2c(cc1OC)CN(C(=O)C1CC3CCC1C3)CC2. The lowest BCUT2D eigenvalue weighted by atomic mass is 9.87. The molecule has 0 N–H and O–H groups in total. The highest BCUT2D eigenvalue weighted by Crippen LogP contribution is 2.49. The van der Waals surface area contributed by atoms with Gasteiger partial charge in [-0.2, -0.15) is 0 Å². The van der Waals surface area contributed by atoms with Crippen LogP contribution in [0.5, 0.6) is 11.5 Å². The van der Waals surface area contributed by atoms with Crippen LogP contribution in [-0.4, -0.2) is 31.6 Å². The Morgan fingerprint density at radius 1 is 1.09 bits per heavy atom. The van der Waals surface area contributed by atoms with E-state index in [0.717, 1.165) is 36.8 Å². The fraction of sp³-hybridized carbons (Fsp3) is 0.632. The quantitative estimate of drug-likeness (QED) is 0.860. The van der Waals surface area contributed by atoms with E-state index in [9.17, 15) is 4.79 Å². The molecule has 3 aliphatic rings. The third-order valence-electron chi connectivity index (χ3n) is 6.09. The summed E-state index contributed by atoms with van der Waals surface area (Å²) >= 11 is 0. The normalized spacial score (nSPS) is 28.6. The molecule has 0 saturated heterocycles. The van der Waals surface area contributed by atoms with Gasteiger partial charge in [0.15, 0.2) is 11.5 Å². The largest absolute Gasteiger partial charge is 0.493 e. The van der Waals surface area contributed by atoms with Gasteiger partial charge in [-0.25, -0.2) is 0 Å². The van der Waals surface area contributed by atoms with Gasteiger partial charge in [-0.1, -0.05) is 6.42 Å². The molecular weight excluding hydrogens is 290 g/mol. The summed E-state index contributed by atoms with van der Waals surface area (Å²) in [4.78, 5) is 15.0. The van der Waals surface area contributed by atoms with Gasteiger partial charge in [0.25, 0.3) is 0 Å². The van der Waals surface area contributed by atoms with E-state index < -0.39 is 0 Å². The first kappa shape index (κ1) is 14.9. The van der Waals surface area contributed by atoms with Gasteiger partial charge in [0.2, 0.25) is 5.91 Å². The topological polar surface area (TPSA) is 38.8 Å². The second-order valence-electron chi connectivity index (χ2n) is 7.27. The number of rotatable bonds is 3. The molecule has 2 fully saturated rings. The van der Waals surface area contributed by atoms with E-state index in [1.165, 1.54) is 30.4 Å². The van der Waals surface area contributed by atoms with Gasteiger partial charge in [-0.15, -0.1) is 0 Å². The molecule has 4 heteroatoms. The molecule has 1 aromatic carbocycles. The van der Waals surface area contributed by atoms with Gasteiger partial charge in [-0.3, -0.25) is 4.79 Å². The van der Waals surface area contributed by atoms with Crippen molar-refractivity contribution in [3.63, 3.8) is 0 Å². The summed E-state index contributed by atoms with van der Waals surface area (Å²) in [5.41, 5.74) is 2.48. The van der Waals surface area contributed by atoms with Crippen molar-refractivity contribution >= 4 is 5.91 Å². The van der Waals surface area contributed by atoms with E-state index in [4.69, 9.17) is 9.47 Å². The Morgan fingerprint density at radius 3 is 2.43 bits per heavy atom. The summed E-state index contributed by atoms with van der Waals surface area (Å²) in [5, 5.41) is 0. The van der Waals surface area contributed by atoms with Crippen LogP contribution in [0.1, 0.15) is 36.8 Å². The van der Waals surface area contributed by atoms with Crippen molar-refractivity contribution in [1.29, 1.82) is 0 Å². The molecule has 2 bridgehead atoms. The smallest absolute Gasteiger partial charge is 0.226 e. The third-order valence-corrected chi connectivity index (χ3v) is 6.09. The second kappa shape index (κ2) is 5.73. The number of benzene rings is 1. The van der Waals surface area contributed by atoms with Crippen LogP contribution in [0.25, 0.3) is 0 Å². The molecule has 0 aromatic heterocycles. The van der Waals surface area contributed by atoms with Gasteiger partial charge in [0.1, 0.15) is 0 Å². The van der Waals surface area contributed by atoms with E-state index in [0.29, 0.717) is 18.4 Å². The average Bonchev–Trinajstić information content (AvgIpc) is 3.22. The fourth-order valence-corrected chi connectivity index (χ4v) is 4.85. The minimum atomic E-state index is 0.287. The molecule has 4 rings (SSSR count). The number of hydrogen-bond acceptors (Lipinski definition) is 3. The zero-order valence-electron chi connectivity index (χ0n) is 14.0. The first-order chi connectivity index (χ1) is 11.2. The molecule has 0 spiro atoms. The number of carbonyl (C=O) groups is 1. The van der Waals surface area contributed by atoms with E-state index in [1.54, 1.807) is 14.2 Å². The number of amides is 1. The van der Waals surface area contributed by atoms with Gasteiger partial charge in [0.05, 0.1) is 14.2 Å². The minimum absolute atomic E-state index is 0.287. The number of nitrogens with zero attached hydrogens (tertiary/aromatic N) is 1. The monoisotopic (exact) mass is 315 g/mol.